The highest BCUT2D eigenvalue weighted by Gasteiger charge is 2.25. The SMILES string of the molecule is CCOC(=O)C(C#N)C=N[C@H](C(=O)OC)[C@@H](C)CC. The largest absolute Gasteiger partial charge is 0.467 e. The predicted molar refractivity (Wildman–Crippen MR) is 69.5 cm³/mol. The first-order valence-corrected chi connectivity index (χ1v) is 6.19. The second-order valence-electron chi connectivity index (χ2n) is 4.01. The summed E-state index contributed by atoms with van der Waals surface area (Å²) in [6.07, 6.45) is 1.89. The molecule has 0 spiro atoms. The van der Waals surface area contributed by atoms with E-state index >= 15 is 0 Å². The fourth-order valence-corrected chi connectivity index (χ4v) is 1.34. The third-order valence-electron chi connectivity index (χ3n) is 2.70. The van der Waals surface area contributed by atoms with Crippen molar-refractivity contribution in [3.8, 4) is 6.07 Å². The number of carbonyl (C=O) groups excluding carboxylic acids is 2. The molecule has 0 fully saturated rings. The van der Waals surface area contributed by atoms with Crippen LogP contribution in [0.3, 0.4) is 0 Å². The number of hydrogen-bond donors (Lipinski definition) is 0. The van der Waals surface area contributed by atoms with Crippen LogP contribution in [0.15, 0.2) is 4.99 Å². The minimum atomic E-state index is -1.10. The highest BCUT2D eigenvalue weighted by molar-refractivity contribution is 5.93. The van der Waals surface area contributed by atoms with E-state index in [-0.39, 0.29) is 12.5 Å². The topological polar surface area (TPSA) is 88.8 Å². The normalized spacial score (nSPS) is 15.3. The summed E-state index contributed by atoms with van der Waals surface area (Å²) in [5.41, 5.74) is 0. The Bertz CT molecular complexity index is 373. The van der Waals surface area contributed by atoms with Gasteiger partial charge in [-0.05, 0) is 12.8 Å². The first kappa shape index (κ1) is 17.1. The van der Waals surface area contributed by atoms with Crippen molar-refractivity contribution in [1.82, 2.24) is 0 Å². The van der Waals surface area contributed by atoms with E-state index in [1.54, 1.807) is 13.0 Å². The van der Waals surface area contributed by atoms with Gasteiger partial charge in [0, 0.05) is 6.21 Å². The monoisotopic (exact) mass is 268 g/mol. The molecule has 0 saturated carbocycles. The summed E-state index contributed by atoms with van der Waals surface area (Å²) in [6.45, 7) is 5.62. The number of esters is 2. The van der Waals surface area contributed by atoms with Crippen molar-refractivity contribution in [2.24, 2.45) is 16.8 Å². The molecular weight excluding hydrogens is 248 g/mol. The van der Waals surface area contributed by atoms with Crippen molar-refractivity contribution >= 4 is 18.2 Å². The highest BCUT2D eigenvalue weighted by atomic mass is 16.5. The van der Waals surface area contributed by atoms with Gasteiger partial charge in [-0.2, -0.15) is 5.26 Å². The summed E-state index contributed by atoms with van der Waals surface area (Å²) >= 11 is 0. The average Bonchev–Trinajstić information content (AvgIpc) is 2.42. The molecule has 6 nitrogen and oxygen atoms in total. The van der Waals surface area contributed by atoms with Gasteiger partial charge in [-0.15, -0.1) is 0 Å². The van der Waals surface area contributed by atoms with E-state index in [0.717, 1.165) is 12.6 Å². The van der Waals surface area contributed by atoms with Crippen LogP contribution in [-0.2, 0) is 19.1 Å². The van der Waals surface area contributed by atoms with Gasteiger partial charge in [-0.1, -0.05) is 20.3 Å². The molecule has 0 radical (unpaired) electrons. The number of hydrogen-bond acceptors (Lipinski definition) is 6. The van der Waals surface area contributed by atoms with E-state index in [4.69, 9.17) is 10.00 Å². The standard InChI is InChI=1S/C13H20N2O4/c1-5-9(3)11(13(17)18-4)15-8-10(7-14)12(16)19-6-2/h8-11H,5-6H2,1-4H3/t9-,10?,11-/m0/s1. The van der Waals surface area contributed by atoms with Crippen molar-refractivity contribution in [2.75, 3.05) is 13.7 Å². The van der Waals surface area contributed by atoms with Crippen LogP contribution >= 0.6 is 0 Å². The predicted octanol–water partition coefficient (Wildman–Crippen LogP) is 1.35. The Kier molecular flexibility index (Phi) is 8.18. The molecular formula is C13H20N2O4. The molecule has 0 aromatic rings. The zero-order chi connectivity index (χ0) is 14.8. The van der Waals surface area contributed by atoms with E-state index in [9.17, 15) is 9.59 Å². The smallest absolute Gasteiger partial charge is 0.330 e. The number of aliphatic imine (C=N–C) groups is 1. The number of methoxy groups -OCH3 is 1. The van der Waals surface area contributed by atoms with Gasteiger partial charge in [0.25, 0.3) is 0 Å². The first-order valence-electron chi connectivity index (χ1n) is 6.19. The fraction of sp³-hybridized carbons (Fsp3) is 0.692. The van der Waals surface area contributed by atoms with E-state index < -0.39 is 23.9 Å². The van der Waals surface area contributed by atoms with Gasteiger partial charge in [0.1, 0.15) is 6.04 Å². The van der Waals surface area contributed by atoms with Gasteiger partial charge in [-0.25, -0.2) is 4.79 Å². The maximum absolute atomic E-state index is 11.6. The molecule has 0 N–H and O–H groups in total. The molecule has 19 heavy (non-hydrogen) atoms. The lowest BCUT2D eigenvalue weighted by atomic mass is 10.00. The van der Waals surface area contributed by atoms with E-state index in [0.29, 0.717) is 0 Å². The Morgan fingerprint density at radius 2 is 2.00 bits per heavy atom. The lowest BCUT2D eigenvalue weighted by Gasteiger charge is -2.16. The molecule has 106 valence electrons. The molecule has 0 bridgehead atoms. The molecule has 3 atom stereocenters. The van der Waals surface area contributed by atoms with Crippen LogP contribution in [0.2, 0.25) is 0 Å². The van der Waals surface area contributed by atoms with Crippen LogP contribution in [0.25, 0.3) is 0 Å². The summed E-state index contributed by atoms with van der Waals surface area (Å²) < 4.78 is 9.39. The van der Waals surface area contributed by atoms with Crippen LogP contribution < -0.4 is 0 Å². The second-order valence-corrected chi connectivity index (χ2v) is 4.01. The van der Waals surface area contributed by atoms with Gasteiger partial charge in [0.15, 0.2) is 5.92 Å². The van der Waals surface area contributed by atoms with Gasteiger partial charge in [0.05, 0.1) is 19.8 Å². The van der Waals surface area contributed by atoms with E-state index in [2.05, 4.69) is 9.73 Å². The Morgan fingerprint density at radius 3 is 2.42 bits per heavy atom. The molecule has 0 rings (SSSR count). The van der Waals surface area contributed by atoms with Crippen molar-refractivity contribution < 1.29 is 19.1 Å². The van der Waals surface area contributed by atoms with Gasteiger partial charge < -0.3 is 9.47 Å². The van der Waals surface area contributed by atoms with Gasteiger partial charge in [0.2, 0.25) is 0 Å². The van der Waals surface area contributed by atoms with Crippen LogP contribution in [-0.4, -0.2) is 37.9 Å². The third kappa shape index (κ3) is 5.51. The summed E-state index contributed by atoms with van der Waals surface area (Å²) in [4.78, 5) is 27.0. The summed E-state index contributed by atoms with van der Waals surface area (Å²) in [7, 11) is 1.28. The minimum Gasteiger partial charge on any atom is -0.467 e. The maximum atomic E-state index is 11.6. The van der Waals surface area contributed by atoms with Crippen LogP contribution in [0, 0.1) is 23.2 Å². The molecule has 0 aromatic carbocycles. The van der Waals surface area contributed by atoms with Gasteiger partial charge in [-0.3, -0.25) is 9.79 Å². The number of nitriles is 1. The number of rotatable bonds is 7. The number of ether oxygens (including phenoxy) is 2. The second kappa shape index (κ2) is 9.09. The molecule has 0 aliphatic rings. The van der Waals surface area contributed by atoms with Crippen LogP contribution in [0.5, 0.6) is 0 Å². The maximum Gasteiger partial charge on any atom is 0.330 e. The fourth-order valence-electron chi connectivity index (χ4n) is 1.34. The first-order chi connectivity index (χ1) is 9.01. The Morgan fingerprint density at radius 1 is 1.37 bits per heavy atom. The Labute approximate surface area is 113 Å². The molecule has 0 saturated heterocycles. The molecule has 1 unspecified atom stereocenters. The van der Waals surface area contributed by atoms with Crippen molar-refractivity contribution in [1.29, 1.82) is 5.26 Å². The summed E-state index contributed by atoms with van der Waals surface area (Å²) in [5.74, 6) is -2.28. The minimum absolute atomic E-state index is 0.0368. The zero-order valence-corrected chi connectivity index (χ0v) is 11.8. The zero-order valence-electron chi connectivity index (χ0n) is 11.8. The molecule has 0 aliphatic heterocycles. The number of carbonyl (C=O) groups is 2. The molecule has 6 heteroatoms. The Hall–Kier alpha value is -1.90. The molecule has 0 aromatic heterocycles. The van der Waals surface area contributed by atoms with Crippen molar-refractivity contribution in [2.45, 2.75) is 33.2 Å². The molecule has 0 aliphatic carbocycles. The summed E-state index contributed by atoms with van der Waals surface area (Å²) in [6, 6.07) is 1.07. The number of nitrogens with zero attached hydrogens (tertiary/aromatic N) is 2. The Balaban J connectivity index is 4.90. The lowest BCUT2D eigenvalue weighted by Crippen LogP contribution is -2.28. The average molecular weight is 268 g/mol. The van der Waals surface area contributed by atoms with Gasteiger partial charge >= 0.3 is 11.9 Å². The lowest BCUT2D eigenvalue weighted by molar-refractivity contribution is -0.145. The quantitative estimate of drug-likeness (QED) is 0.513. The summed E-state index contributed by atoms with van der Waals surface area (Å²) in [5, 5.41) is 8.87. The van der Waals surface area contributed by atoms with Crippen molar-refractivity contribution in [3.63, 3.8) is 0 Å². The van der Waals surface area contributed by atoms with Crippen molar-refractivity contribution in [3.05, 3.63) is 0 Å². The van der Waals surface area contributed by atoms with Crippen LogP contribution in [0.4, 0.5) is 0 Å². The highest BCUT2D eigenvalue weighted by Crippen LogP contribution is 2.13. The van der Waals surface area contributed by atoms with E-state index in [1.807, 2.05) is 13.8 Å². The van der Waals surface area contributed by atoms with E-state index in [1.165, 1.54) is 7.11 Å². The third-order valence-corrected chi connectivity index (χ3v) is 2.70. The molecule has 0 heterocycles. The molecule has 0 amide bonds. The van der Waals surface area contributed by atoms with Crippen LogP contribution in [0.1, 0.15) is 27.2 Å².